The maximum atomic E-state index is 12.9. The van der Waals surface area contributed by atoms with E-state index in [9.17, 15) is 9.18 Å². The first-order valence-corrected chi connectivity index (χ1v) is 6.21. The summed E-state index contributed by atoms with van der Waals surface area (Å²) in [7, 11) is 0. The normalized spacial score (nSPS) is 10.7. The molecule has 0 fully saturated rings. The molecule has 0 spiro atoms. The average Bonchev–Trinajstić information content (AvgIpc) is 2.89. The Labute approximate surface area is 118 Å². The molecule has 3 aromatic rings. The molecule has 0 saturated carbocycles. The van der Waals surface area contributed by atoms with E-state index in [4.69, 9.17) is 11.6 Å². The van der Waals surface area contributed by atoms with Crippen molar-refractivity contribution in [3.63, 3.8) is 0 Å². The number of carbonyl (C=O) groups is 1. The average molecular weight is 290 g/mol. The Hall–Kier alpha value is -2.40. The first-order valence-electron chi connectivity index (χ1n) is 5.83. The van der Waals surface area contributed by atoms with Crippen molar-refractivity contribution in [2.45, 2.75) is 0 Å². The fourth-order valence-corrected chi connectivity index (χ4v) is 2.08. The van der Waals surface area contributed by atoms with Crippen LogP contribution in [0.3, 0.4) is 0 Å². The van der Waals surface area contributed by atoms with Crippen LogP contribution in [0.2, 0.25) is 5.02 Å². The molecule has 0 radical (unpaired) electrons. The molecule has 1 amide bonds. The molecule has 6 heteroatoms. The summed E-state index contributed by atoms with van der Waals surface area (Å²) in [5.41, 5.74) is 1.59. The second-order valence-electron chi connectivity index (χ2n) is 4.25. The molecule has 20 heavy (non-hydrogen) atoms. The lowest BCUT2D eigenvalue weighted by Gasteiger charge is -2.07. The van der Waals surface area contributed by atoms with E-state index in [1.165, 1.54) is 12.1 Å². The smallest absolute Gasteiger partial charge is 0.255 e. The number of carbonyl (C=O) groups excluding carboxylic acids is 1. The number of aromatic amines is 1. The molecule has 4 nitrogen and oxygen atoms in total. The van der Waals surface area contributed by atoms with Gasteiger partial charge in [0, 0.05) is 10.9 Å². The highest BCUT2D eigenvalue weighted by Crippen LogP contribution is 2.23. The van der Waals surface area contributed by atoms with E-state index in [0.29, 0.717) is 11.3 Å². The lowest BCUT2D eigenvalue weighted by Crippen LogP contribution is -2.12. The second-order valence-corrected chi connectivity index (χ2v) is 4.66. The van der Waals surface area contributed by atoms with Crippen LogP contribution in [0.15, 0.2) is 42.6 Å². The van der Waals surface area contributed by atoms with Crippen molar-refractivity contribution in [2.24, 2.45) is 0 Å². The van der Waals surface area contributed by atoms with Gasteiger partial charge in [-0.05, 0) is 30.3 Å². The van der Waals surface area contributed by atoms with Gasteiger partial charge in [0.05, 0.1) is 22.4 Å². The number of hydrogen-bond donors (Lipinski definition) is 2. The number of halogens is 2. The predicted octanol–water partition coefficient (Wildman–Crippen LogP) is 3.61. The van der Waals surface area contributed by atoms with E-state index < -0.39 is 5.82 Å². The van der Waals surface area contributed by atoms with Crippen molar-refractivity contribution in [1.82, 2.24) is 10.2 Å². The number of amides is 1. The van der Waals surface area contributed by atoms with Gasteiger partial charge >= 0.3 is 0 Å². The molecule has 1 aromatic heterocycles. The SMILES string of the molecule is O=C(Nc1ccc(F)cc1Cl)c1ccc2cn[nH]c2c1. The lowest BCUT2D eigenvalue weighted by molar-refractivity contribution is 0.102. The van der Waals surface area contributed by atoms with Crippen molar-refractivity contribution in [3.05, 3.63) is 59.0 Å². The Kier molecular flexibility index (Phi) is 3.12. The van der Waals surface area contributed by atoms with Gasteiger partial charge in [-0.2, -0.15) is 5.10 Å². The van der Waals surface area contributed by atoms with Gasteiger partial charge in [-0.25, -0.2) is 4.39 Å². The van der Waals surface area contributed by atoms with Gasteiger partial charge in [0.15, 0.2) is 0 Å². The molecule has 0 aliphatic rings. The first-order chi connectivity index (χ1) is 9.63. The van der Waals surface area contributed by atoms with Gasteiger partial charge in [0.2, 0.25) is 0 Å². The number of benzene rings is 2. The summed E-state index contributed by atoms with van der Waals surface area (Å²) in [4.78, 5) is 12.1. The maximum absolute atomic E-state index is 12.9. The van der Waals surface area contributed by atoms with Crippen molar-refractivity contribution in [1.29, 1.82) is 0 Å². The third-order valence-electron chi connectivity index (χ3n) is 2.88. The third-order valence-corrected chi connectivity index (χ3v) is 3.20. The minimum atomic E-state index is -0.452. The van der Waals surface area contributed by atoms with E-state index in [-0.39, 0.29) is 10.9 Å². The van der Waals surface area contributed by atoms with Crippen LogP contribution < -0.4 is 5.32 Å². The van der Waals surface area contributed by atoms with Gasteiger partial charge in [-0.1, -0.05) is 17.7 Å². The molecule has 0 bridgehead atoms. The molecule has 1 heterocycles. The largest absolute Gasteiger partial charge is 0.321 e. The van der Waals surface area contributed by atoms with Crippen molar-refractivity contribution >= 4 is 34.1 Å². The number of fused-ring (bicyclic) bond motifs is 1. The number of H-pyrrole nitrogens is 1. The van der Waals surface area contributed by atoms with Gasteiger partial charge in [-0.3, -0.25) is 9.89 Å². The number of aromatic nitrogens is 2. The summed E-state index contributed by atoms with van der Waals surface area (Å²) in [5.74, 6) is -0.776. The van der Waals surface area contributed by atoms with Crippen molar-refractivity contribution < 1.29 is 9.18 Å². The topological polar surface area (TPSA) is 57.8 Å². The van der Waals surface area contributed by atoms with Crippen molar-refractivity contribution in [2.75, 3.05) is 5.32 Å². The number of anilines is 1. The Morgan fingerprint density at radius 2 is 2.10 bits per heavy atom. The number of nitrogens with one attached hydrogen (secondary N) is 2. The minimum Gasteiger partial charge on any atom is -0.321 e. The minimum absolute atomic E-state index is 0.154. The zero-order valence-corrected chi connectivity index (χ0v) is 10.9. The fourth-order valence-electron chi connectivity index (χ4n) is 1.86. The van der Waals surface area contributed by atoms with Crippen LogP contribution >= 0.6 is 11.6 Å². The molecule has 100 valence electrons. The monoisotopic (exact) mass is 289 g/mol. The maximum Gasteiger partial charge on any atom is 0.255 e. The quantitative estimate of drug-likeness (QED) is 0.757. The number of rotatable bonds is 2. The van der Waals surface area contributed by atoms with E-state index in [0.717, 1.165) is 17.0 Å². The highest BCUT2D eigenvalue weighted by molar-refractivity contribution is 6.33. The Bertz CT molecular complexity index is 800. The summed E-state index contributed by atoms with van der Waals surface area (Å²) in [6.07, 6.45) is 1.67. The fraction of sp³-hybridized carbons (Fsp3) is 0. The molecule has 2 N–H and O–H groups in total. The molecule has 0 aliphatic carbocycles. The second kappa shape index (κ2) is 4.94. The third kappa shape index (κ3) is 2.35. The summed E-state index contributed by atoms with van der Waals surface area (Å²) in [6, 6.07) is 8.97. The highest BCUT2D eigenvalue weighted by atomic mass is 35.5. The molecule has 0 aliphatic heterocycles. The van der Waals surface area contributed by atoms with Crippen LogP contribution in [0, 0.1) is 5.82 Å². The molecule has 0 unspecified atom stereocenters. The molecule has 3 rings (SSSR count). The van der Waals surface area contributed by atoms with E-state index in [1.807, 2.05) is 0 Å². The number of hydrogen-bond acceptors (Lipinski definition) is 2. The lowest BCUT2D eigenvalue weighted by atomic mass is 10.1. The van der Waals surface area contributed by atoms with Crippen LogP contribution in [0.25, 0.3) is 10.9 Å². The Morgan fingerprint density at radius 3 is 2.90 bits per heavy atom. The predicted molar refractivity (Wildman–Crippen MR) is 75.5 cm³/mol. The molecular weight excluding hydrogens is 281 g/mol. The summed E-state index contributed by atoms with van der Waals surface area (Å²) in [5, 5.41) is 10.4. The standard InChI is InChI=1S/C14H9ClFN3O/c15-11-6-10(16)3-4-12(11)18-14(20)8-1-2-9-7-17-19-13(9)5-8/h1-7H,(H,17,19)(H,18,20). The van der Waals surface area contributed by atoms with Crippen LogP contribution in [0.5, 0.6) is 0 Å². The molecule has 0 atom stereocenters. The highest BCUT2D eigenvalue weighted by Gasteiger charge is 2.10. The summed E-state index contributed by atoms with van der Waals surface area (Å²) in [6.45, 7) is 0. The molecule has 0 saturated heterocycles. The van der Waals surface area contributed by atoms with Gasteiger partial charge in [0.25, 0.3) is 5.91 Å². The van der Waals surface area contributed by atoms with Crippen LogP contribution in [0.4, 0.5) is 10.1 Å². The van der Waals surface area contributed by atoms with Gasteiger partial charge < -0.3 is 5.32 Å². The van der Waals surface area contributed by atoms with Gasteiger partial charge in [0.1, 0.15) is 5.82 Å². The zero-order valence-electron chi connectivity index (χ0n) is 10.2. The van der Waals surface area contributed by atoms with Crippen LogP contribution in [0.1, 0.15) is 10.4 Å². The van der Waals surface area contributed by atoms with Gasteiger partial charge in [-0.15, -0.1) is 0 Å². The molecular formula is C14H9ClFN3O. The Morgan fingerprint density at radius 1 is 1.25 bits per heavy atom. The van der Waals surface area contributed by atoms with E-state index in [2.05, 4.69) is 15.5 Å². The summed E-state index contributed by atoms with van der Waals surface area (Å²) < 4.78 is 12.9. The van der Waals surface area contributed by atoms with Crippen molar-refractivity contribution in [3.8, 4) is 0 Å². The number of nitrogens with zero attached hydrogens (tertiary/aromatic N) is 1. The molecule has 2 aromatic carbocycles. The summed E-state index contributed by atoms with van der Waals surface area (Å²) >= 11 is 5.87. The Balaban J connectivity index is 1.88. The van der Waals surface area contributed by atoms with E-state index in [1.54, 1.807) is 24.4 Å². The van der Waals surface area contributed by atoms with Crippen LogP contribution in [-0.4, -0.2) is 16.1 Å². The zero-order chi connectivity index (χ0) is 14.1. The van der Waals surface area contributed by atoms with E-state index >= 15 is 0 Å². The van der Waals surface area contributed by atoms with Crippen LogP contribution in [-0.2, 0) is 0 Å². The first kappa shape index (κ1) is 12.6.